The first-order valence-electron chi connectivity index (χ1n) is 5.05. The van der Waals surface area contributed by atoms with Crippen molar-refractivity contribution in [3.05, 3.63) is 24.4 Å². The Labute approximate surface area is 97.8 Å². The molecule has 0 aliphatic carbocycles. The SMILES string of the molecule is CC1SCC(C(=O)Nc2ccccn2)C1=O. The van der Waals surface area contributed by atoms with E-state index in [2.05, 4.69) is 10.3 Å². The van der Waals surface area contributed by atoms with Crippen molar-refractivity contribution in [2.24, 2.45) is 5.92 Å². The van der Waals surface area contributed by atoms with E-state index >= 15 is 0 Å². The molecule has 2 rings (SSSR count). The van der Waals surface area contributed by atoms with Crippen LogP contribution in [0.2, 0.25) is 0 Å². The van der Waals surface area contributed by atoms with Gasteiger partial charge in [0.1, 0.15) is 11.7 Å². The summed E-state index contributed by atoms with van der Waals surface area (Å²) in [4.78, 5) is 27.4. The van der Waals surface area contributed by atoms with Gasteiger partial charge in [0.25, 0.3) is 0 Å². The van der Waals surface area contributed by atoms with Crippen molar-refractivity contribution in [1.82, 2.24) is 4.98 Å². The van der Waals surface area contributed by atoms with E-state index in [1.165, 1.54) is 11.8 Å². The highest BCUT2D eigenvalue weighted by Gasteiger charge is 2.36. The molecule has 0 spiro atoms. The lowest BCUT2D eigenvalue weighted by Crippen LogP contribution is -2.30. The van der Waals surface area contributed by atoms with Crippen LogP contribution in [-0.4, -0.2) is 27.7 Å². The summed E-state index contributed by atoms with van der Waals surface area (Å²) in [7, 11) is 0. The predicted molar refractivity (Wildman–Crippen MR) is 63.3 cm³/mol. The van der Waals surface area contributed by atoms with Crippen LogP contribution in [0.1, 0.15) is 6.92 Å². The minimum atomic E-state index is -0.526. The van der Waals surface area contributed by atoms with E-state index in [9.17, 15) is 9.59 Å². The van der Waals surface area contributed by atoms with E-state index in [0.29, 0.717) is 11.6 Å². The van der Waals surface area contributed by atoms with Gasteiger partial charge in [0.15, 0.2) is 5.78 Å². The summed E-state index contributed by atoms with van der Waals surface area (Å²) in [6.45, 7) is 1.83. The summed E-state index contributed by atoms with van der Waals surface area (Å²) in [6.07, 6.45) is 1.60. The maximum Gasteiger partial charge on any atom is 0.236 e. The Morgan fingerprint density at radius 1 is 1.56 bits per heavy atom. The normalized spacial score (nSPS) is 24.4. The second-order valence-electron chi connectivity index (χ2n) is 3.63. The van der Waals surface area contributed by atoms with Crippen molar-refractivity contribution < 1.29 is 9.59 Å². The first-order valence-corrected chi connectivity index (χ1v) is 6.10. The molecule has 1 fully saturated rings. The molecule has 0 aromatic carbocycles. The lowest BCUT2D eigenvalue weighted by molar-refractivity contribution is -0.129. The maximum absolute atomic E-state index is 11.8. The smallest absolute Gasteiger partial charge is 0.236 e. The third kappa shape index (κ3) is 2.24. The number of aromatic nitrogens is 1. The lowest BCUT2D eigenvalue weighted by atomic mass is 10.0. The quantitative estimate of drug-likeness (QED) is 0.787. The van der Waals surface area contributed by atoms with Gasteiger partial charge < -0.3 is 5.32 Å². The molecule has 1 aliphatic heterocycles. The number of anilines is 1. The maximum atomic E-state index is 11.8. The van der Waals surface area contributed by atoms with Crippen LogP contribution >= 0.6 is 11.8 Å². The fraction of sp³-hybridized carbons (Fsp3) is 0.364. The van der Waals surface area contributed by atoms with Crippen molar-refractivity contribution in [1.29, 1.82) is 0 Å². The molecule has 16 heavy (non-hydrogen) atoms. The molecule has 0 radical (unpaired) electrons. The molecular weight excluding hydrogens is 224 g/mol. The molecule has 4 nitrogen and oxygen atoms in total. The molecule has 0 saturated carbocycles. The number of thioether (sulfide) groups is 1. The van der Waals surface area contributed by atoms with Gasteiger partial charge in [0.2, 0.25) is 5.91 Å². The Balaban J connectivity index is 2.02. The average Bonchev–Trinajstić information content (AvgIpc) is 2.61. The highest BCUT2D eigenvalue weighted by molar-refractivity contribution is 8.01. The van der Waals surface area contributed by atoms with Crippen LogP contribution in [0.15, 0.2) is 24.4 Å². The minimum Gasteiger partial charge on any atom is -0.310 e. The number of Topliss-reactive ketones (excluding diaryl/α,β-unsaturated/α-hetero) is 1. The van der Waals surface area contributed by atoms with Crippen molar-refractivity contribution >= 4 is 29.3 Å². The zero-order valence-corrected chi connectivity index (χ0v) is 9.66. The van der Waals surface area contributed by atoms with Gasteiger partial charge in [-0.25, -0.2) is 4.98 Å². The summed E-state index contributed by atoms with van der Waals surface area (Å²) < 4.78 is 0. The molecule has 1 N–H and O–H groups in total. The van der Waals surface area contributed by atoms with Gasteiger partial charge in [-0.2, -0.15) is 0 Å². The van der Waals surface area contributed by atoms with E-state index in [0.717, 1.165) is 0 Å². The molecule has 84 valence electrons. The number of nitrogens with one attached hydrogen (secondary N) is 1. The van der Waals surface area contributed by atoms with E-state index in [1.54, 1.807) is 24.4 Å². The van der Waals surface area contributed by atoms with Crippen molar-refractivity contribution in [2.45, 2.75) is 12.2 Å². The standard InChI is InChI=1S/C11H12N2O2S/c1-7-10(14)8(6-16-7)11(15)13-9-4-2-3-5-12-9/h2-5,7-8H,6H2,1H3,(H,12,13,15). The molecule has 0 bridgehead atoms. The van der Waals surface area contributed by atoms with Crippen molar-refractivity contribution in [2.75, 3.05) is 11.1 Å². The second kappa shape index (κ2) is 4.65. The monoisotopic (exact) mass is 236 g/mol. The molecule has 2 unspecified atom stereocenters. The van der Waals surface area contributed by atoms with Crippen molar-refractivity contribution in [3.63, 3.8) is 0 Å². The van der Waals surface area contributed by atoms with Gasteiger partial charge in [-0.3, -0.25) is 9.59 Å². The van der Waals surface area contributed by atoms with Crippen LogP contribution < -0.4 is 5.32 Å². The molecule has 1 aromatic rings. The zero-order chi connectivity index (χ0) is 11.5. The number of rotatable bonds is 2. The lowest BCUT2D eigenvalue weighted by Gasteiger charge is -2.08. The zero-order valence-electron chi connectivity index (χ0n) is 8.84. The largest absolute Gasteiger partial charge is 0.310 e. The predicted octanol–water partition coefficient (Wildman–Crippen LogP) is 1.34. The van der Waals surface area contributed by atoms with Gasteiger partial charge in [-0.1, -0.05) is 6.07 Å². The fourth-order valence-corrected chi connectivity index (χ4v) is 2.67. The van der Waals surface area contributed by atoms with Crippen LogP contribution in [0.5, 0.6) is 0 Å². The molecule has 2 heterocycles. The van der Waals surface area contributed by atoms with Crippen molar-refractivity contribution in [3.8, 4) is 0 Å². The summed E-state index contributed by atoms with van der Waals surface area (Å²) in [5.74, 6) is 0.296. The second-order valence-corrected chi connectivity index (χ2v) is 5.01. The Morgan fingerprint density at radius 2 is 2.38 bits per heavy atom. The summed E-state index contributed by atoms with van der Waals surface area (Å²) in [5, 5.41) is 2.58. The van der Waals surface area contributed by atoms with Gasteiger partial charge in [0, 0.05) is 11.9 Å². The molecular formula is C11H12N2O2S. The fourth-order valence-electron chi connectivity index (χ4n) is 1.54. The highest BCUT2D eigenvalue weighted by atomic mass is 32.2. The third-order valence-electron chi connectivity index (χ3n) is 2.49. The number of amides is 1. The van der Waals surface area contributed by atoms with Gasteiger partial charge in [-0.05, 0) is 19.1 Å². The Morgan fingerprint density at radius 3 is 2.94 bits per heavy atom. The van der Waals surface area contributed by atoms with E-state index < -0.39 is 5.92 Å². The first kappa shape index (κ1) is 11.1. The van der Waals surface area contributed by atoms with E-state index in [1.807, 2.05) is 6.92 Å². The number of pyridine rings is 1. The Hall–Kier alpha value is -1.36. The molecule has 5 heteroatoms. The Kier molecular flexibility index (Phi) is 3.24. The molecule has 1 saturated heterocycles. The van der Waals surface area contributed by atoms with Crippen LogP contribution in [0.25, 0.3) is 0 Å². The number of ketones is 1. The molecule has 2 atom stereocenters. The number of nitrogens with zero attached hydrogens (tertiary/aromatic N) is 1. The summed E-state index contributed by atoms with van der Waals surface area (Å²) in [6, 6.07) is 5.26. The average molecular weight is 236 g/mol. The number of carbonyl (C=O) groups excluding carboxylic acids is 2. The minimum absolute atomic E-state index is 0.0124. The summed E-state index contributed by atoms with van der Waals surface area (Å²) in [5.41, 5.74) is 0. The van der Waals surface area contributed by atoms with Crippen LogP contribution in [0.3, 0.4) is 0 Å². The van der Waals surface area contributed by atoms with Crippen LogP contribution in [0, 0.1) is 5.92 Å². The molecule has 1 amide bonds. The van der Waals surface area contributed by atoms with Gasteiger partial charge in [0.05, 0.1) is 5.25 Å². The topological polar surface area (TPSA) is 59.1 Å². The summed E-state index contributed by atoms with van der Waals surface area (Å²) >= 11 is 1.52. The Bertz CT molecular complexity index is 408. The van der Waals surface area contributed by atoms with E-state index in [4.69, 9.17) is 0 Å². The molecule has 1 aliphatic rings. The molecule has 1 aromatic heterocycles. The third-order valence-corrected chi connectivity index (χ3v) is 3.75. The first-order chi connectivity index (χ1) is 7.68. The number of hydrogen-bond acceptors (Lipinski definition) is 4. The van der Waals surface area contributed by atoms with Crippen LogP contribution in [0.4, 0.5) is 5.82 Å². The van der Waals surface area contributed by atoms with Gasteiger partial charge >= 0.3 is 0 Å². The van der Waals surface area contributed by atoms with Gasteiger partial charge in [-0.15, -0.1) is 11.8 Å². The highest BCUT2D eigenvalue weighted by Crippen LogP contribution is 2.28. The number of carbonyl (C=O) groups is 2. The van der Waals surface area contributed by atoms with E-state index in [-0.39, 0.29) is 16.9 Å². The number of hydrogen-bond donors (Lipinski definition) is 1. The van der Waals surface area contributed by atoms with Crippen LogP contribution in [-0.2, 0) is 9.59 Å².